The van der Waals surface area contributed by atoms with Gasteiger partial charge in [-0.2, -0.15) is 0 Å². The molecule has 4 heteroatoms. The van der Waals surface area contributed by atoms with Gasteiger partial charge in [0.25, 0.3) is 0 Å². The number of rotatable bonds is 5. The second-order valence-electron chi connectivity index (χ2n) is 2.04. The third-order valence-corrected chi connectivity index (χ3v) is 1.03. The smallest absolute Gasteiger partial charge is 0.0989 e. The molecule has 0 bridgehead atoms. The van der Waals surface area contributed by atoms with Crippen molar-refractivity contribution in [3.63, 3.8) is 0 Å². The second kappa shape index (κ2) is 5.58. The van der Waals surface area contributed by atoms with Crippen LogP contribution in [0, 0.1) is 0 Å². The van der Waals surface area contributed by atoms with Crippen LogP contribution in [-0.2, 0) is 9.47 Å². The fraction of sp³-hybridized carbons (Fsp3) is 0.833. The molecular formula is C6H13NO2S. The summed E-state index contributed by atoms with van der Waals surface area (Å²) < 4.78 is 9.98. The third-order valence-electron chi connectivity index (χ3n) is 0.911. The number of hydrogen-bond acceptors (Lipinski definition) is 3. The monoisotopic (exact) mass is 163 g/mol. The molecule has 10 heavy (non-hydrogen) atoms. The van der Waals surface area contributed by atoms with Crippen LogP contribution in [0.1, 0.15) is 6.92 Å². The lowest BCUT2D eigenvalue weighted by atomic mass is 10.4. The van der Waals surface area contributed by atoms with Crippen LogP contribution >= 0.6 is 12.2 Å². The number of hydrogen-bond donors (Lipinski definition) is 1. The summed E-state index contributed by atoms with van der Waals surface area (Å²) in [6.45, 7) is 2.81. The van der Waals surface area contributed by atoms with E-state index in [0.717, 1.165) is 0 Å². The van der Waals surface area contributed by atoms with Gasteiger partial charge >= 0.3 is 0 Å². The maximum Gasteiger partial charge on any atom is 0.0989 e. The molecule has 2 N–H and O–H groups in total. The van der Waals surface area contributed by atoms with Crippen LogP contribution in [0.4, 0.5) is 0 Å². The van der Waals surface area contributed by atoms with Gasteiger partial charge < -0.3 is 15.2 Å². The van der Waals surface area contributed by atoms with E-state index in [-0.39, 0.29) is 6.10 Å². The highest BCUT2D eigenvalue weighted by Gasteiger charge is 2.00. The van der Waals surface area contributed by atoms with Crippen LogP contribution in [0.3, 0.4) is 0 Å². The molecule has 1 unspecified atom stereocenters. The molecule has 1 atom stereocenters. The summed E-state index contributed by atoms with van der Waals surface area (Å²) in [5.41, 5.74) is 5.20. The molecule has 0 heterocycles. The van der Waals surface area contributed by atoms with Crippen molar-refractivity contribution in [2.45, 2.75) is 13.0 Å². The standard InChI is InChI=1S/C6H13NO2S/c1-5(3-8-2)9-4-6(7)10/h5H,3-4H2,1-2H3,(H2,7,10). The van der Waals surface area contributed by atoms with Gasteiger partial charge in [-0.1, -0.05) is 12.2 Å². The van der Waals surface area contributed by atoms with Gasteiger partial charge in [-0.25, -0.2) is 0 Å². The van der Waals surface area contributed by atoms with Gasteiger partial charge in [0.2, 0.25) is 0 Å². The van der Waals surface area contributed by atoms with Crippen LogP contribution in [-0.4, -0.2) is 31.4 Å². The lowest BCUT2D eigenvalue weighted by Gasteiger charge is -2.10. The van der Waals surface area contributed by atoms with Crippen LogP contribution in [0.25, 0.3) is 0 Å². The van der Waals surface area contributed by atoms with Crippen LogP contribution in [0.15, 0.2) is 0 Å². The van der Waals surface area contributed by atoms with Crippen molar-refractivity contribution >= 4 is 17.2 Å². The summed E-state index contributed by atoms with van der Waals surface area (Å²) in [4.78, 5) is 0.378. The van der Waals surface area contributed by atoms with Crippen LogP contribution in [0.2, 0.25) is 0 Å². The first kappa shape index (κ1) is 9.81. The van der Waals surface area contributed by atoms with Gasteiger partial charge in [0.15, 0.2) is 0 Å². The average Bonchev–Trinajstić information content (AvgIpc) is 1.85. The molecule has 0 fully saturated rings. The lowest BCUT2D eigenvalue weighted by Crippen LogP contribution is -2.22. The minimum atomic E-state index is 0.0616. The van der Waals surface area contributed by atoms with E-state index in [1.54, 1.807) is 7.11 Å². The van der Waals surface area contributed by atoms with E-state index in [1.165, 1.54) is 0 Å². The maximum atomic E-state index is 5.20. The molecule has 0 aliphatic rings. The molecular weight excluding hydrogens is 150 g/mol. The molecule has 0 spiro atoms. The van der Waals surface area contributed by atoms with E-state index in [9.17, 15) is 0 Å². The molecule has 0 aliphatic carbocycles. The first-order valence-electron chi connectivity index (χ1n) is 3.05. The summed E-state index contributed by atoms with van der Waals surface area (Å²) in [5.74, 6) is 0. The molecule has 60 valence electrons. The van der Waals surface area contributed by atoms with E-state index in [2.05, 4.69) is 12.2 Å². The van der Waals surface area contributed by atoms with Gasteiger partial charge in [-0.3, -0.25) is 0 Å². The van der Waals surface area contributed by atoms with Gasteiger partial charge in [0, 0.05) is 7.11 Å². The Labute approximate surface area is 66.5 Å². The molecule has 0 aromatic heterocycles. The van der Waals surface area contributed by atoms with E-state index in [4.69, 9.17) is 15.2 Å². The van der Waals surface area contributed by atoms with Gasteiger partial charge in [-0.15, -0.1) is 0 Å². The number of thiocarbonyl (C=S) groups is 1. The topological polar surface area (TPSA) is 44.5 Å². The molecule has 0 amide bonds. The lowest BCUT2D eigenvalue weighted by molar-refractivity contribution is 0.0276. The fourth-order valence-corrected chi connectivity index (χ4v) is 0.575. The third kappa shape index (κ3) is 5.94. The predicted octanol–water partition coefficient (Wildman–Crippen LogP) is 0.324. The number of ether oxygens (including phenoxy) is 2. The van der Waals surface area contributed by atoms with Crippen molar-refractivity contribution in [3.8, 4) is 0 Å². The zero-order valence-electron chi connectivity index (χ0n) is 6.29. The molecule has 0 aromatic rings. The van der Waals surface area contributed by atoms with E-state index < -0.39 is 0 Å². The largest absolute Gasteiger partial charge is 0.391 e. The van der Waals surface area contributed by atoms with Crippen molar-refractivity contribution < 1.29 is 9.47 Å². The SMILES string of the molecule is COCC(C)OCC(N)=S. The molecule has 0 aromatic carbocycles. The zero-order valence-corrected chi connectivity index (χ0v) is 7.11. The second-order valence-corrected chi connectivity index (χ2v) is 2.57. The summed E-state index contributed by atoms with van der Waals surface area (Å²) in [6, 6.07) is 0. The normalized spacial score (nSPS) is 13.0. The van der Waals surface area contributed by atoms with Crippen LogP contribution in [0.5, 0.6) is 0 Å². The molecule has 0 aliphatic heterocycles. The maximum absolute atomic E-state index is 5.20. The summed E-state index contributed by atoms with van der Waals surface area (Å²) in [7, 11) is 1.63. The van der Waals surface area contributed by atoms with Gasteiger partial charge in [0.1, 0.15) is 0 Å². The Morgan fingerprint density at radius 2 is 2.30 bits per heavy atom. The number of methoxy groups -OCH3 is 1. The summed E-state index contributed by atoms with van der Waals surface area (Å²) >= 11 is 4.61. The van der Waals surface area contributed by atoms with Crippen molar-refractivity contribution in [1.82, 2.24) is 0 Å². The molecule has 0 radical (unpaired) electrons. The van der Waals surface area contributed by atoms with Crippen molar-refractivity contribution in [2.24, 2.45) is 5.73 Å². The Bertz CT molecular complexity index is 108. The minimum Gasteiger partial charge on any atom is -0.391 e. The van der Waals surface area contributed by atoms with Crippen molar-refractivity contribution in [3.05, 3.63) is 0 Å². The predicted molar refractivity (Wildman–Crippen MR) is 44.1 cm³/mol. The summed E-state index contributed by atoms with van der Waals surface area (Å²) in [5, 5.41) is 0. The zero-order chi connectivity index (χ0) is 7.98. The van der Waals surface area contributed by atoms with Crippen molar-refractivity contribution in [2.75, 3.05) is 20.3 Å². The van der Waals surface area contributed by atoms with Gasteiger partial charge in [-0.05, 0) is 6.92 Å². The highest BCUT2D eigenvalue weighted by molar-refractivity contribution is 7.80. The highest BCUT2D eigenvalue weighted by Crippen LogP contribution is 1.89. The number of nitrogens with two attached hydrogens (primary N) is 1. The van der Waals surface area contributed by atoms with Crippen molar-refractivity contribution in [1.29, 1.82) is 0 Å². The Morgan fingerprint density at radius 1 is 1.70 bits per heavy atom. The van der Waals surface area contributed by atoms with E-state index >= 15 is 0 Å². The first-order valence-corrected chi connectivity index (χ1v) is 3.46. The highest BCUT2D eigenvalue weighted by atomic mass is 32.1. The molecule has 0 rings (SSSR count). The molecule has 0 saturated heterocycles. The quantitative estimate of drug-likeness (QED) is 0.593. The molecule has 3 nitrogen and oxygen atoms in total. The van der Waals surface area contributed by atoms with E-state index in [1.807, 2.05) is 6.92 Å². The fourth-order valence-electron chi connectivity index (χ4n) is 0.507. The van der Waals surface area contributed by atoms with E-state index in [0.29, 0.717) is 18.2 Å². The minimum absolute atomic E-state index is 0.0616. The average molecular weight is 163 g/mol. The Balaban J connectivity index is 3.21. The van der Waals surface area contributed by atoms with Crippen LogP contribution < -0.4 is 5.73 Å². The first-order chi connectivity index (χ1) is 4.66. The Hall–Kier alpha value is -0.190. The Kier molecular flexibility index (Phi) is 5.48. The molecule has 0 saturated carbocycles. The summed E-state index contributed by atoms with van der Waals surface area (Å²) in [6.07, 6.45) is 0.0616. The Morgan fingerprint density at radius 3 is 2.70 bits per heavy atom. The van der Waals surface area contributed by atoms with Gasteiger partial charge in [0.05, 0.1) is 24.3 Å².